The third-order valence-corrected chi connectivity index (χ3v) is 6.36. The van der Waals surface area contributed by atoms with Crippen molar-refractivity contribution in [3.8, 4) is 0 Å². The lowest BCUT2D eigenvalue weighted by Gasteiger charge is -2.33. The van der Waals surface area contributed by atoms with Crippen LogP contribution in [0, 0.1) is 5.92 Å². The average molecular weight is 410 g/mol. The summed E-state index contributed by atoms with van der Waals surface area (Å²) < 4.78 is 1.98. The predicted octanol–water partition coefficient (Wildman–Crippen LogP) is 2.95. The zero-order valence-electron chi connectivity index (χ0n) is 17.9. The molecule has 0 unspecified atom stereocenters. The lowest BCUT2D eigenvalue weighted by atomic mass is 9.92. The van der Waals surface area contributed by atoms with Gasteiger partial charge in [0.15, 0.2) is 0 Å². The Morgan fingerprint density at radius 1 is 1.17 bits per heavy atom. The molecule has 2 aliphatic rings. The normalized spacial score (nSPS) is 18.3. The fraction of sp³-hybridized carbons (Fsp3) is 0.565. The van der Waals surface area contributed by atoms with Crippen LogP contribution < -0.4 is 5.32 Å². The molecule has 0 bridgehead atoms. The maximum atomic E-state index is 13.0. The molecular weight excluding hydrogens is 378 g/mol. The molecule has 1 aliphatic carbocycles. The second kappa shape index (κ2) is 8.98. The Kier molecular flexibility index (Phi) is 6.16. The van der Waals surface area contributed by atoms with Crippen molar-refractivity contribution in [2.75, 3.05) is 19.6 Å². The molecule has 3 heterocycles. The topological polar surface area (TPSA) is 80.1 Å². The smallest absolute Gasteiger partial charge is 0.252 e. The van der Waals surface area contributed by atoms with Gasteiger partial charge in [-0.15, -0.1) is 0 Å². The Bertz CT molecular complexity index is 879. The molecule has 0 radical (unpaired) electrons. The third kappa shape index (κ3) is 4.55. The van der Waals surface area contributed by atoms with Gasteiger partial charge in [0.2, 0.25) is 5.91 Å². The summed E-state index contributed by atoms with van der Waals surface area (Å²) in [5, 5.41) is 2.98. The van der Waals surface area contributed by atoms with E-state index in [1.807, 2.05) is 34.7 Å². The lowest BCUT2D eigenvalue weighted by molar-refractivity contribution is -0.135. The van der Waals surface area contributed by atoms with Gasteiger partial charge in [-0.2, -0.15) is 0 Å². The summed E-state index contributed by atoms with van der Waals surface area (Å²) in [7, 11) is 0. The SMILES string of the molecule is CCc1nccn1[C@@H](C)C(=O)N1CCC(c2ccc(C(=O)NCC3CC3)cn2)CC1. The Morgan fingerprint density at radius 3 is 2.57 bits per heavy atom. The largest absolute Gasteiger partial charge is 0.352 e. The van der Waals surface area contributed by atoms with Crippen LogP contribution in [0.25, 0.3) is 0 Å². The molecule has 1 N–H and O–H groups in total. The van der Waals surface area contributed by atoms with Gasteiger partial charge < -0.3 is 14.8 Å². The number of nitrogens with one attached hydrogen (secondary N) is 1. The van der Waals surface area contributed by atoms with Crippen LogP contribution in [-0.2, 0) is 11.2 Å². The zero-order valence-corrected chi connectivity index (χ0v) is 17.9. The number of hydrogen-bond donors (Lipinski definition) is 1. The number of imidazole rings is 1. The molecule has 2 amide bonds. The molecule has 1 saturated heterocycles. The van der Waals surface area contributed by atoms with E-state index in [0.717, 1.165) is 50.4 Å². The van der Waals surface area contributed by atoms with Gasteiger partial charge in [-0.1, -0.05) is 6.92 Å². The van der Waals surface area contributed by atoms with Gasteiger partial charge in [0.05, 0.1) is 5.56 Å². The zero-order chi connectivity index (χ0) is 21.1. The van der Waals surface area contributed by atoms with E-state index in [9.17, 15) is 9.59 Å². The van der Waals surface area contributed by atoms with Crippen molar-refractivity contribution in [3.63, 3.8) is 0 Å². The van der Waals surface area contributed by atoms with Crippen LogP contribution in [0.4, 0.5) is 0 Å². The summed E-state index contributed by atoms with van der Waals surface area (Å²) >= 11 is 0. The predicted molar refractivity (Wildman–Crippen MR) is 114 cm³/mol. The van der Waals surface area contributed by atoms with Crippen molar-refractivity contribution in [3.05, 3.63) is 47.8 Å². The number of nitrogens with zero attached hydrogens (tertiary/aromatic N) is 4. The summed E-state index contributed by atoms with van der Waals surface area (Å²) in [6.07, 6.45) is 10.4. The van der Waals surface area contributed by atoms with E-state index in [1.54, 1.807) is 12.4 Å². The molecular formula is C23H31N5O2. The Balaban J connectivity index is 1.30. The maximum Gasteiger partial charge on any atom is 0.252 e. The number of aromatic nitrogens is 3. The first-order chi connectivity index (χ1) is 14.6. The van der Waals surface area contributed by atoms with Crippen LogP contribution in [0.3, 0.4) is 0 Å². The highest BCUT2D eigenvalue weighted by Gasteiger charge is 2.28. The minimum Gasteiger partial charge on any atom is -0.352 e. The Morgan fingerprint density at radius 2 is 1.93 bits per heavy atom. The van der Waals surface area contributed by atoms with Crippen molar-refractivity contribution in [1.82, 2.24) is 24.8 Å². The van der Waals surface area contributed by atoms with Crippen LogP contribution in [-0.4, -0.2) is 50.9 Å². The second-order valence-electron chi connectivity index (χ2n) is 8.50. The fourth-order valence-corrected chi connectivity index (χ4v) is 4.19. The molecule has 1 saturated carbocycles. The number of hydrogen-bond acceptors (Lipinski definition) is 4. The first-order valence-electron chi connectivity index (χ1n) is 11.1. The Labute approximate surface area is 177 Å². The molecule has 0 aromatic carbocycles. The van der Waals surface area contributed by atoms with E-state index in [0.29, 0.717) is 17.4 Å². The molecule has 4 rings (SSSR count). The summed E-state index contributed by atoms with van der Waals surface area (Å²) in [6.45, 7) is 6.23. The molecule has 0 spiro atoms. The van der Waals surface area contributed by atoms with Crippen molar-refractivity contribution in [1.29, 1.82) is 0 Å². The summed E-state index contributed by atoms with van der Waals surface area (Å²) in [5.41, 5.74) is 1.63. The third-order valence-electron chi connectivity index (χ3n) is 6.36. The molecule has 2 aromatic rings. The van der Waals surface area contributed by atoms with Crippen molar-refractivity contribution < 1.29 is 9.59 Å². The van der Waals surface area contributed by atoms with Crippen LogP contribution in [0.15, 0.2) is 30.7 Å². The van der Waals surface area contributed by atoms with E-state index in [4.69, 9.17) is 0 Å². The quantitative estimate of drug-likeness (QED) is 0.762. The molecule has 7 nitrogen and oxygen atoms in total. The maximum absolute atomic E-state index is 13.0. The van der Waals surface area contributed by atoms with E-state index in [2.05, 4.69) is 22.2 Å². The number of carbonyl (C=O) groups excluding carboxylic acids is 2. The number of amides is 2. The highest BCUT2D eigenvalue weighted by atomic mass is 16.2. The highest BCUT2D eigenvalue weighted by Crippen LogP contribution is 2.29. The summed E-state index contributed by atoms with van der Waals surface area (Å²) in [6, 6.07) is 3.61. The number of carbonyl (C=O) groups is 2. The van der Waals surface area contributed by atoms with Gasteiger partial charge in [0.1, 0.15) is 11.9 Å². The van der Waals surface area contributed by atoms with E-state index in [-0.39, 0.29) is 17.9 Å². The molecule has 7 heteroatoms. The Hall–Kier alpha value is -2.70. The van der Waals surface area contributed by atoms with Crippen LogP contribution in [0.5, 0.6) is 0 Å². The van der Waals surface area contributed by atoms with E-state index < -0.39 is 0 Å². The van der Waals surface area contributed by atoms with Gasteiger partial charge in [0, 0.05) is 56.3 Å². The van der Waals surface area contributed by atoms with Crippen molar-refractivity contribution >= 4 is 11.8 Å². The second-order valence-corrected chi connectivity index (χ2v) is 8.50. The first kappa shape index (κ1) is 20.6. The molecule has 160 valence electrons. The number of piperidine rings is 1. The minimum absolute atomic E-state index is 0.0405. The highest BCUT2D eigenvalue weighted by molar-refractivity contribution is 5.93. The lowest BCUT2D eigenvalue weighted by Crippen LogP contribution is -2.41. The average Bonchev–Trinajstić information content (AvgIpc) is 3.50. The van der Waals surface area contributed by atoms with E-state index in [1.165, 1.54) is 12.8 Å². The number of pyridine rings is 1. The first-order valence-corrected chi connectivity index (χ1v) is 11.1. The monoisotopic (exact) mass is 409 g/mol. The summed E-state index contributed by atoms with van der Waals surface area (Å²) in [4.78, 5) is 36.0. The number of rotatable bonds is 7. The minimum atomic E-state index is -0.231. The van der Waals surface area contributed by atoms with Gasteiger partial charge in [0.25, 0.3) is 5.91 Å². The molecule has 1 atom stereocenters. The standard InChI is InChI=1S/C23H31N5O2/c1-3-21-24-10-13-28(21)16(2)23(30)27-11-8-18(9-12-27)20-7-6-19(15-25-20)22(29)26-14-17-4-5-17/h6-7,10,13,15-18H,3-5,8-9,11-12,14H2,1-2H3,(H,26,29)/t16-/m0/s1. The summed E-state index contributed by atoms with van der Waals surface area (Å²) in [5.74, 6) is 2.04. The van der Waals surface area contributed by atoms with Crippen LogP contribution >= 0.6 is 0 Å². The van der Waals surface area contributed by atoms with Gasteiger partial charge in [-0.05, 0) is 50.7 Å². The molecule has 1 aliphatic heterocycles. The molecule has 30 heavy (non-hydrogen) atoms. The molecule has 2 fully saturated rings. The van der Waals surface area contributed by atoms with Gasteiger partial charge >= 0.3 is 0 Å². The van der Waals surface area contributed by atoms with Crippen LogP contribution in [0.1, 0.15) is 73.4 Å². The van der Waals surface area contributed by atoms with Gasteiger partial charge in [-0.3, -0.25) is 14.6 Å². The fourth-order valence-electron chi connectivity index (χ4n) is 4.19. The number of aryl methyl sites for hydroxylation is 1. The van der Waals surface area contributed by atoms with Crippen LogP contribution in [0.2, 0.25) is 0 Å². The molecule has 2 aromatic heterocycles. The van der Waals surface area contributed by atoms with E-state index >= 15 is 0 Å². The van der Waals surface area contributed by atoms with Crippen molar-refractivity contribution in [2.24, 2.45) is 5.92 Å². The number of likely N-dealkylation sites (tertiary alicyclic amines) is 1. The van der Waals surface area contributed by atoms with Gasteiger partial charge in [-0.25, -0.2) is 4.98 Å². The van der Waals surface area contributed by atoms with Crippen molar-refractivity contribution in [2.45, 2.75) is 57.9 Å².